The Kier molecular flexibility index (Phi) is 5.61. The number of benzene rings is 1. The first-order valence-electron chi connectivity index (χ1n) is 10.9. The van der Waals surface area contributed by atoms with Crippen molar-refractivity contribution in [2.24, 2.45) is 17.8 Å². The zero-order valence-electron chi connectivity index (χ0n) is 17.3. The second-order valence-corrected chi connectivity index (χ2v) is 8.97. The van der Waals surface area contributed by atoms with Crippen LogP contribution in [0.15, 0.2) is 24.3 Å². The maximum absolute atomic E-state index is 12.9. The molecule has 1 aromatic rings. The standard InChI is InChI=1S/C23H31N3O3/c1-3-15-10-21(27)25-20-12-17(6-9-19(15)20)24-23(29)16-11-22(28)26(13-16)18-7-4-14(2)5-8-18/h4-5,7-8,15-17,19-20H,3,6,9-13H2,1-2H3,(H,24,29)(H,25,27). The number of hydrogen-bond donors (Lipinski definition) is 2. The fourth-order valence-electron chi connectivity index (χ4n) is 5.33. The van der Waals surface area contributed by atoms with Crippen molar-refractivity contribution in [2.75, 3.05) is 11.4 Å². The summed E-state index contributed by atoms with van der Waals surface area (Å²) >= 11 is 0. The molecule has 3 fully saturated rings. The number of carbonyl (C=O) groups is 3. The summed E-state index contributed by atoms with van der Waals surface area (Å²) < 4.78 is 0. The van der Waals surface area contributed by atoms with Crippen molar-refractivity contribution in [3.05, 3.63) is 29.8 Å². The average molecular weight is 398 g/mol. The molecule has 1 saturated carbocycles. The minimum Gasteiger partial charge on any atom is -0.353 e. The molecule has 5 unspecified atom stereocenters. The lowest BCUT2D eigenvalue weighted by atomic mass is 9.70. The maximum Gasteiger partial charge on any atom is 0.227 e. The first-order chi connectivity index (χ1) is 13.9. The van der Waals surface area contributed by atoms with Crippen LogP contribution in [-0.4, -0.2) is 36.3 Å². The number of hydrogen-bond acceptors (Lipinski definition) is 3. The minimum atomic E-state index is -0.314. The fourth-order valence-corrected chi connectivity index (χ4v) is 5.33. The van der Waals surface area contributed by atoms with Crippen molar-refractivity contribution < 1.29 is 14.4 Å². The summed E-state index contributed by atoms with van der Waals surface area (Å²) in [5.74, 6) is 0.775. The third kappa shape index (κ3) is 4.16. The number of anilines is 1. The van der Waals surface area contributed by atoms with Gasteiger partial charge in [-0.3, -0.25) is 14.4 Å². The SMILES string of the molecule is CCC1CC(=O)NC2CC(NC(=O)C3CC(=O)N(c4ccc(C)cc4)C3)CCC12. The quantitative estimate of drug-likeness (QED) is 0.820. The molecule has 0 radical (unpaired) electrons. The first-order valence-corrected chi connectivity index (χ1v) is 10.9. The van der Waals surface area contributed by atoms with Gasteiger partial charge in [0.15, 0.2) is 0 Å². The largest absolute Gasteiger partial charge is 0.353 e. The average Bonchev–Trinajstić information content (AvgIpc) is 3.09. The maximum atomic E-state index is 12.9. The topological polar surface area (TPSA) is 78.5 Å². The van der Waals surface area contributed by atoms with E-state index in [0.29, 0.717) is 24.8 Å². The van der Waals surface area contributed by atoms with Crippen LogP contribution in [0.3, 0.4) is 0 Å². The number of carbonyl (C=O) groups excluding carboxylic acids is 3. The first kappa shape index (κ1) is 19.9. The number of amides is 3. The van der Waals surface area contributed by atoms with Crippen LogP contribution < -0.4 is 15.5 Å². The molecule has 6 heteroatoms. The van der Waals surface area contributed by atoms with E-state index in [9.17, 15) is 14.4 Å². The van der Waals surface area contributed by atoms with Gasteiger partial charge < -0.3 is 15.5 Å². The van der Waals surface area contributed by atoms with Crippen LogP contribution in [-0.2, 0) is 14.4 Å². The summed E-state index contributed by atoms with van der Waals surface area (Å²) in [7, 11) is 0. The van der Waals surface area contributed by atoms with Crippen LogP contribution >= 0.6 is 0 Å². The number of aryl methyl sites for hydroxylation is 1. The van der Waals surface area contributed by atoms with Crippen LogP contribution in [0.2, 0.25) is 0 Å². The predicted molar refractivity (Wildman–Crippen MR) is 111 cm³/mol. The van der Waals surface area contributed by atoms with Crippen molar-refractivity contribution >= 4 is 23.4 Å². The van der Waals surface area contributed by atoms with Gasteiger partial charge in [-0.2, -0.15) is 0 Å². The molecule has 1 aliphatic carbocycles. The lowest BCUT2D eigenvalue weighted by molar-refractivity contribution is -0.128. The van der Waals surface area contributed by atoms with Crippen LogP contribution in [0, 0.1) is 24.7 Å². The molecule has 0 aromatic heterocycles. The Labute approximate surface area is 172 Å². The van der Waals surface area contributed by atoms with Gasteiger partial charge in [-0.25, -0.2) is 0 Å². The normalized spacial score (nSPS) is 31.9. The van der Waals surface area contributed by atoms with Gasteiger partial charge in [0, 0.05) is 37.2 Å². The molecule has 3 amide bonds. The van der Waals surface area contributed by atoms with E-state index in [1.54, 1.807) is 4.90 Å². The van der Waals surface area contributed by atoms with Crippen molar-refractivity contribution in [3.63, 3.8) is 0 Å². The van der Waals surface area contributed by atoms with Crippen molar-refractivity contribution in [3.8, 4) is 0 Å². The molecule has 2 heterocycles. The number of fused-ring (bicyclic) bond motifs is 1. The van der Waals surface area contributed by atoms with Gasteiger partial charge in [-0.1, -0.05) is 31.0 Å². The molecule has 29 heavy (non-hydrogen) atoms. The number of nitrogens with zero attached hydrogens (tertiary/aromatic N) is 1. The van der Waals surface area contributed by atoms with Gasteiger partial charge >= 0.3 is 0 Å². The molecule has 4 rings (SSSR count). The lowest BCUT2D eigenvalue weighted by Crippen LogP contribution is -2.55. The van der Waals surface area contributed by atoms with Crippen LogP contribution in [0.25, 0.3) is 0 Å². The van der Waals surface area contributed by atoms with Gasteiger partial charge in [0.1, 0.15) is 0 Å². The van der Waals surface area contributed by atoms with E-state index < -0.39 is 0 Å². The second kappa shape index (κ2) is 8.17. The highest BCUT2D eigenvalue weighted by atomic mass is 16.2. The van der Waals surface area contributed by atoms with E-state index in [1.165, 1.54) is 0 Å². The lowest BCUT2D eigenvalue weighted by Gasteiger charge is -2.44. The van der Waals surface area contributed by atoms with Crippen molar-refractivity contribution in [1.29, 1.82) is 0 Å². The van der Waals surface area contributed by atoms with Gasteiger partial charge in [-0.05, 0) is 50.2 Å². The van der Waals surface area contributed by atoms with Crippen molar-refractivity contribution in [1.82, 2.24) is 10.6 Å². The van der Waals surface area contributed by atoms with Crippen LogP contribution in [0.1, 0.15) is 51.0 Å². The molecule has 2 N–H and O–H groups in total. The molecule has 6 nitrogen and oxygen atoms in total. The highest BCUT2D eigenvalue weighted by Gasteiger charge is 2.41. The summed E-state index contributed by atoms with van der Waals surface area (Å²) in [5.41, 5.74) is 2.00. The summed E-state index contributed by atoms with van der Waals surface area (Å²) in [5, 5.41) is 6.32. The van der Waals surface area contributed by atoms with E-state index >= 15 is 0 Å². The van der Waals surface area contributed by atoms with Gasteiger partial charge in [-0.15, -0.1) is 0 Å². The summed E-state index contributed by atoms with van der Waals surface area (Å²) in [6.07, 6.45) is 4.70. The zero-order chi connectivity index (χ0) is 20.5. The molecule has 0 bridgehead atoms. The molecule has 3 aliphatic rings. The third-order valence-corrected chi connectivity index (χ3v) is 7.02. The minimum absolute atomic E-state index is 0.00282. The Bertz CT molecular complexity index is 791. The summed E-state index contributed by atoms with van der Waals surface area (Å²) in [6.45, 7) is 4.60. The third-order valence-electron chi connectivity index (χ3n) is 7.02. The molecule has 2 aliphatic heterocycles. The van der Waals surface area contributed by atoms with Gasteiger partial charge in [0.25, 0.3) is 0 Å². The molecule has 2 saturated heterocycles. The Morgan fingerprint density at radius 2 is 1.93 bits per heavy atom. The monoisotopic (exact) mass is 397 g/mol. The van der Waals surface area contributed by atoms with E-state index in [2.05, 4.69) is 17.6 Å². The predicted octanol–water partition coefficient (Wildman–Crippen LogP) is 2.55. The van der Waals surface area contributed by atoms with E-state index in [0.717, 1.165) is 36.9 Å². The number of rotatable bonds is 4. The van der Waals surface area contributed by atoms with E-state index in [1.807, 2.05) is 31.2 Å². The Morgan fingerprint density at radius 1 is 1.17 bits per heavy atom. The van der Waals surface area contributed by atoms with Crippen molar-refractivity contribution in [2.45, 2.75) is 64.5 Å². The second-order valence-electron chi connectivity index (χ2n) is 8.97. The van der Waals surface area contributed by atoms with E-state index in [4.69, 9.17) is 0 Å². The van der Waals surface area contributed by atoms with E-state index in [-0.39, 0.29) is 42.1 Å². The molecule has 1 aromatic carbocycles. The molecular formula is C23H31N3O3. The highest BCUT2D eigenvalue weighted by molar-refractivity contribution is 6.00. The Hall–Kier alpha value is -2.37. The van der Waals surface area contributed by atoms with Gasteiger partial charge in [0.05, 0.1) is 5.92 Å². The number of nitrogens with one attached hydrogen (secondary N) is 2. The molecule has 5 atom stereocenters. The molecule has 156 valence electrons. The fraction of sp³-hybridized carbons (Fsp3) is 0.609. The highest BCUT2D eigenvalue weighted by Crippen LogP contribution is 2.37. The number of piperidine rings is 1. The van der Waals surface area contributed by atoms with Crippen LogP contribution in [0.5, 0.6) is 0 Å². The summed E-state index contributed by atoms with van der Waals surface area (Å²) in [4.78, 5) is 39.0. The summed E-state index contributed by atoms with van der Waals surface area (Å²) in [6, 6.07) is 8.07. The van der Waals surface area contributed by atoms with Gasteiger partial charge in [0.2, 0.25) is 17.7 Å². The smallest absolute Gasteiger partial charge is 0.227 e. The Balaban J connectivity index is 1.35. The molecule has 0 spiro atoms. The Morgan fingerprint density at radius 3 is 2.66 bits per heavy atom. The van der Waals surface area contributed by atoms with Crippen LogP contribution in [0.4, 0.5) is 5.69 Å². The molecular weight excluding hydrogens is 366 g/mol. The zero-order valence-corrected chi connectivity index (χ0v) is 17.3.